The van der Waals surface area contributed by atoms with Crippen LogP contribution in [-0.2, 0) is 14.6 Å². The molecule has 0 amide bonds. The molecule has 0 saturated heterocycles. The van der Waals surface area contributed by atoms with Gasteiger partial charge < -0.3 is 4.18 Å². The average molecular weight is 162 g/mol. The van der Waals surface area contributed by atoms with Gasteiger partial charge in [-0.1, -0.05) is 5.73 Å². The lowest BCUT2D eigenvalue weighted by Crippen LogP contribution is -2.01. The zero-order chi connectivity index (χ0) is 7.61. The van der Waals surface area contributed by atoms with Crippen LogP contribution in [0.4, 0.5) is 0 Å². The van der Waals surface area contributed by atoms with Crippen molar-refractivity contribution in [1.29, 1.82) is 0 Å². The maximum Gasteiger partial charge on any atom is 0.446 e. The molecule has 56 valence electrons. The first-order valence-corrected chi connectivity index (χ1v) is 4.05. The highest BCUT2D eigenvalue weighted by Crippen LogP contribution is 2.13. The van der Waals surface area contributed by atoms with E-state index >= 15 is 0 Å². The predicted molar refractivity (Wildman–Crippen MR) is 33.5 cm³/mol. The van der Waals surface area contributed by atoms with Crippen LogP contribution in [0.3, 0.4) is 0 Å². The van der Waals surface area contributed by atoms with Crippen LogP contribution < -0.4 is 0 Å². The van der Waals surface area contributed by atoms with Crippen molar-refractivity contribution in [3.8, 4) is 0 Å². The second kappa shape index (κ2) is 2.46. The third-order valence-corrected chi connectivity index (χ3v) is 1.40. The molecule has 0 aromatic carbocycles. The molecule has 1 N–H and O–H groups in total. The number of hydrogen-bond acceptors (Lipinski definition) is 3. The van der Waals surface area contributed by atoms with Crippen molar-refractivity contribution in [2.75, 3.05) is 0 Å². The maximum absolute atomic E-state index is 10.0. The van der Waals surface area contributed by atoms with Crippen LogP contribution in [0.15, 0.2) is 17.6 Å². The highest BCUT2D eigenvalue weighted by Gasteiger charge is 2.10. The largest absolute Gasteiger partial charge is 0.446 e. The minimum Gasteiger partial charge on any atom is -0.358 e. The van der Waals surface area contributed by atoms with E-state index in [1.807, 2.05) is 0 Å². The van der Waals surface area contributed by atoms with Gasteiger partial charge in [-0.15, -0.1) is 0 Å². The molecule has 0 unspecified atom stereocenters. The highest BCUT2D eigenvalue weighted by molar-refractivity contribution is 7.81. The van der Waals surface area contributed by atoms with Gasteiger partial charge in [-0.3, -0.25) is 4.55 Å². The number of rotatable bonds is 2. The topological polar surface area (TPSA) is 63.6 Å². The van der Waals surface area contributed by atoms with E-state index in [9.17, 15) is 8.42 Å². The summed E-state index contributed by atoms with van der Waals surface area (Å²) in [6.07, 6.45) is 2.85. The Morgan fingerprint density at radius 1 is 1.70 bits per heavy atom. The molecule has 1 aliphatic rings. The molecule has 0 aromatic rings. The highest BCUT2D eigenvalue weighted by atomic mass is 32.3. The van der Waals surface area contributed by atoms with Gasteiger partial charge in [0.05, 0.1) is 0 Å². The van der Waals surface area contributed by atoms with Crippen LogP contribution in [0.2, 0.25) is 0 Å². The second-order valence-corrected chi connectivity index (χ2v) is 2.84. The van der Waals surface area contributed by atoms with Gasteiger partial charge in [-0.05, 0) is 12.5 Å². The van der Waals surface area contributed by atoms with Crippen LogP contribution in [0.25, 0.3) is 0 Å². The Labute approximate surface area is 58.8 Å². The van der Waals surface area contributed by atoms with Crippen LogP contribution in [0.1, 0.15) is 12.8 Å². The molecule has 0 aliphatic heterocycles. The van der Waals surface area contributed by atoms with Gasteiger partial charge in [0.1, 0.15) is 0 Å². The van der Waals surface area contributed by atoms with Crippen molar-refractivity contribution in [2.45, 2.75) is 12.8 Å². The van der Waals surface area contributed by atoms with Crippen LogP contribution in [0, 0.1) is 0 Å². The third kappa shape index (κ3) is 2.23. The number of hydrogen-bond donors (Lipinski definition) is 1. The Kier molecular flexibility index (Phi) is 1.80. The summed E-state index contributed by atoms with van der Waals surface area (Å²) in [5.74, 6) is 0.169. The molecule has 0 atom stereocenters. The summed E-state index contributed by atoms with van der Waals surface area (Å²) in [7, 11) is -4.33. The van der Waals surface area contributed by atoms with Gasteiger partial charge in [-0.2, -0.15) is 8.42 Å². The predicted octanol–water partition coefficient (Wildman–Crippen LogP) is 0.639. The lowest BCUT2D eigenvalue weighted by molar-refractivity contribution is 0.326. The molecule has 0 heterocycles. The van der Waals surface area contributed by atoms with Crippen molar-refractivity contribution < 1.29 is 17.2 Å². The molecule has 0 spiro atoms. The zero-order valence-electron chi connectivity index (χ0n) is 5.07. The summed E-state index contributed by atoms with van der Waals surface area (Å²) in [4.78, 5) is 0. The standard InChI is InChI=1S/C5H6O4S/c6-10(7,8)9-5-3-1-2-4-5/h1H,2,4H2,(H,6,7,8). The molecule has 0 saturated carbocycles. The maximum atomic E-state index is 10.0. The first-order chi connectivity index (χ1) is 4.58. The van der Waals surface area contributed by atoms with Crippen molar-refractivity contribution in [1.82, 2.24) is 0 Å². The number of allylic oxidation sites excluding steroid dienone is 1. The molecule has 5 heteroatoms. The monoisotopic (exact) mass is 162 g/mol. The van der Waals surface area contributed by atoms with Gasteiger partial charge in [-0.25, -0.2) is 0 Å². The second-order valence-electron chi connectivity index (χ2n) is 1.82. The Balaban J connectivity index is 2.64. The fourth-order valence-corrected chi connectivity index (χ4v) is 1.04. The van der Waals surface area contributed by atoms with Gasteiger partial charge in [0.25, 0.3) is 0 Å². The molecule has 4 nitrogen and oxygen atoms in total. The van der Waals surface area contributed by atoms with Crippen molar-refractivity contribution >= 4 is 10.4 Å². The third-order valence-electron chi connectivity index (χ3n) is 0.985. The molecular formula is C5H6O4S. The summed E-state index contributed by atoms with van der Waals surface area (Å²) in [5, 5.41) is 0. The van der Waals surface area contributed by atoms with E-state index in [-0.39, 0.29) is 5.76 Å². The first-order valence-electron chi connectivity index (χ1n) is 2.69. The molecule has 0 radical (unpaired) electrons. The summed E-state index contributed by atoms with van der Waals surface area (Å²) < 4.78 is 32.3. The quantitative estimate of drug-likeness (QED) is 0.478. The van der Waals surface area contributed by atoms with E-state index in [2.05, 4.69) is 9.91 Å². The van der Waals surface area contributed by atoms with E-state index in [0.717, 1.165) is 0 Å². The zero-order valence-corrected chi connectivity index (χ0v) is 5.89. The molecule has 1 aliphatic carbocycles. The first kappa shape index (κ1) is 7.34. The molecule has 0 fully saturated rings. The van der Waals surface area contributed by atoms with Crippen LogP contribution >= 0.6 is 0 Å². The van der Waals surface area contributed by atoms with Gasteiger partial charge in [0.2, 0.25) is 0 Å². The van der Waals surface area contributed by atoms with Crippen molar-refractivity contribution in [3.63, 3.8) is 0 Å². The lowest BCUT2D eigenvalue weighted by atomic mass is 10.4. The van der Waals surface area contributed by atoms with Crippen LogP contribution in [-0.4, -0.2) is 13.0 Å². The summed E-state index contributed by atoms with van der Waals surface area (Å²) in [5.41, 5.74) is 2.54. The van der Waals surface area contributed by atoms with Gasteiger partial charge in [0, 0.05) is 6.42 Å². The summed E-state index contributed by atoms with van der Waals surface area (Å²) in [6.45, 7) is 0. The Morgan fingerprint density at radius 3 is 2.80 bits per heavy atom. The normalized spacial score (nSPS) is 17.1. The van der Waals surface area contributed by atoms with Crippen LogP contribution in [0.5, 0.6) is 0 Å². The van der Waals surface area contributed by atoms with Crippen molar-refractivity contribution in [2.24, 2.45) is 0 Å². The Morgan fingerprint density at radius 2 is 2.40 bits per heavy atom. The minimum atomic E-state index is -4.33. The van der Waals surface area contributed by atoms with Gasteiger partial charge in [0.15, 0.2) is 5.76 Å². The fraction of sp³-hybridized carbons (Fsp3) is 0.400. The lowest BCUT2D eigenvalue weighted by Gasteiger charge is -1.97. The van der Waals surface area contributed by atoms with Gasteiger partial charge >= 0.3 is 10.4 Å². The molecular weight excluding hydrogens is 156 g/mol. The molecule has 1 rings (SSSR count). The minimum absolute atomic E-state index is 0.169. The average Bonchev–Trinajstić information content (AvgIpc) is 2.12. The Hall–Kier alpha value is -0.770. The summed E-state index contributed by atoms with van der Waals surface area (Å²) >= 11 is 0. The van der Waals surface area contributed by atoms with E-state index < -0.39 is 10.4 Å². The smallest absolute Gasteiger partial charge is 0.358 e. The molecule has 10 heavy (non-hydrogen) atoms. The summed E-state index contributed by atoms with van der Waals surface area (Å²) in [6, 6.07) is 0. The van der Waals surface area contributed by atoms with E-state index in [1.54, 1.807) is 6.08 Å². The van der Waals surface area contributed by atoms with Crippen molar-refractivity contribution in [3.05, 3.63) is 17.6 Å². The molecule has 0 aromatic heterocycles. The Bertz CT molecular complexity index is 281. The molecule has 0 bridgehead atoms. The fourth-order valence-electron chi connectivity index (χ4n) is 0.654. The van der Waals surface area contributed by atoms with E-state index in [0.29, 0.717) is 12.8 Å². The van der Waals surface area contributed by atoms with E-state index in [1.165, 1.54) is 0 Å². The SMILES string of the molecule is O=S(=O)(O)OC1=C=CCC1. The van der Waals surface area contributed by atoms with E-state index in [4.69, 9.17) is 4.55 Å².